The second kappa shape index (κ2) is 39.6. The average Bonchev–Trinajstić information content (AvgIpc) is 2.87. The van der Waals surface area contributed by atoms with E-state index < -0.39 is 31.1 Å². The fraction of sp³-hybridized carbons (Fsp3) is 0.933. The van der Waals surface area contributed by atoms with E-state index >= 15 is 0 Å². The third kappa shape index (κ3) is 49.4. The van der Waals surface area contributed by atoms with E-state index in [1.54, 1.807) is 21.7 Å². The summed E-state index contributed by atoms with van der Waals surface area (Å²) in [5.41, 5.74) is 0. The Morgan fingerprint density at radius 3 is 1.08 bits per heavy atom. The zero-order valence-corrected chi connectivity index (χ0v) is 32.3. The molecule has 0 saturated heterocycles. The van der Waals surface area contributed by atoms with Crippen LogP contribution in [0.2, 0.25) is 17.7 Å². The summed E-state index contributed by atoms with van der Waals surface area (Å²) in [7, 11) is 3.68. The van der Waals surface area contributed by atoms with E-state index in [4.69, 9.17) is 26.0 Å². The molecule has 0 saturated carbocycles. The molecule has 0 aliphatic carbocycles. The van der Waals surface area contributed by atoms with Gasteiger partial charge in [-0.05, 0) is 13.8 Å². The number of rotatable bonds is 22. The van der Waals surface area contributed by atoms with Gasteiger partial charge in [-0.1, -0.05) is 0 Å². The summed E-state index contributed by atoms with van der Waals surface area (Å²) in [4.78, 5) is 17.8. The van der Waals surface area contributed by atoms with Gasteiger partial charge in [0.05, 0.1) is 0 Å². The molecular weight excluding hydrogens is 694 g/mol. The van der Waals surface area contributed by atoms with Gasteiger partial charge in [0.15, 0.2) is 0 Å². The predicted molar refractivity (Wildman–Crippen MR) is 163 cm³/mol. The molecule has 0 radical (unpaired) electrons. The topological polar surface area (TPSA) is 98.7 Å². The van der Waals surface area contributed by atoms with Crippen molar-refractivity contribution in [3.05, 3.63) is 0 Å². The molecule has 0 bridgehead atoms. The molecule has 0 aromatic carbocycles. The Labute approximate surface area is 253 Å². The minimum absolute atomic E-state index is 0.0736. The van der Waals surface area contributed by atoms with E-state index in [1.807, 2.05) is 14.2 Å². The standard InChI is InChI=1S/2C8H17.2C4H9.2C2H4O2.2CH3O.2Sn/c2*1-3-5-7-8-6-4-2;2*1-3-4-2;2*1-2(3)4;2*1-2;;/h2*1,3-8H2,2H3;2*1,3-4H2,2H3;2*1H3,(H,3,4);2*1H3;;/q;;;;;;2*-1;2*+2/p-2. The van der Waals surface area contributed by atoms with Crippen LogP contribution in [0, 0.1) is 0 Å². The third-order valence-corrected chi connectivity index (χ3v) is 20.6. The predicted octanol–water partition coefficient (Wildman–Crippen LogP) is 7.08. The maximum absolute atomic E-state index is 8.89. The van der Waals surface area contributed by atoms with Crippen LogP contribution in [-0.2, 0) is 15.7 Å². The molecule has 0 aromatic rings. The first-order chi connectivity index (χ1) is 18.1. The number of hydrogen-bond donors (Lipinski definition) is 0. The van der Waals surface area contributed by atoms with Crippen LogP contribution in [0.1, 0.15) is 144 Å². The van der Waals surface area contributed by atoms with Gasteiger partial charge in [0.2, 0.25) is 0 Å². The molecule has 0 unspecified atom stereocenters. The molecule has 8 heteroatoms. The van der Waals surface area contributed by atoms with Crippen molar-refractivity contribution in [1.29, 1.82) is 0 Å². The fourth-order valence-corrected chi connectivity index (χ4v) is 15.9. The number of carbonyl (C=O) groups is 2. The van der Waals surface area contributed by atoms with Gasteiger partial charge >= 0.3 is 209 Å². The number of carbonyl (C=O) groups excluding carboxylic acids is 2. The SMILES string of the molecule is CC(=O)[O-].CC(=O)[O-].CCCCCCC[CH2][Sn+2][CH2]CCCCCCC.CCC[CH2][Sn]([CH2]CCC)([O]C)[O]C. The molecule has 0 aliphatic rings. The van der Waals surface area contributed by atoms with Crippen LogP contribution >= 0.6 is 0 Å². The molecular formula is C30H64O6Sn2. The van der Waals surface area contributed by atoms with Crippen LogP contribution in [0.25, 0.3) is 0 Å². The maximum atomic E-state index is 8.89. The van der Waals surface area contributed by atoms with Crippen LogP contribution in [-0.4, -0.2) is 66.5 Å². The van der Waals surface area contributed by atoms with E-state index in [9.17, 15) is 0 Å². The first-order valence-electron chi connectivity index (χ1n) is 15.3. The number of carboxylic acid groups (broad SMARTS) is 2. The van der Waals surface area contributed by atoms with E-state index in [0.29, 0.717) is 0 Å². The van der Waals surface area contributed by atoms with E-state index in [2.05, 4.69) is 27.7 Å². The van der Waals surface area contributed by atoms with Crippen molar-refractivity contribution >= 4 is 52.3 Å². The van der Waals surface area contributed by atoms with Crippen LogP contribution in [0.15, 0.2) is 0 Å². The number of unbranched alkanes of at least 4 members (excludes halogenated alkanes) is 12. The van der Waals surface area contributed by atoms with Gasteiger partial charge in [-0.25, -0.2) is 0 Å². The first kappa shape index (κ1) is 45.4. The van der Waals surface area contributed by atoms with Crippen molar-refractivity contribution < 1.29 is 26.0 Å². The Balaban J connectivity index is -0.000000241. The summed E-state index contributed by atoms with van der Waals surface area (Å²) < 4.78 is 17.1. The second-order valence-electron chi connectivity index (χ2n) is 9.79. The first-order valence-corrected chi connectivity index (χ1v) is 25.7. The molecule has 0 amide bonds. The molecule has 0 rings (SSSR count). The van der Waals surface area contributed by atoms with Crippen LogP contribution in [0.5, 0.6) is 0 Å². The van der Waals surface area contributed by atoms with Gasteiger partial charge in [0.25, 0.3) is 0 Å². The molecule has 0 aliphatic heterocycles. The molecule has 0 heterocycles. The second-order valence-corrected chi connectivity index (χ2v) is 24.5. The van der Waals surface area contributed by atoms with Gasteiger partial charge in [-0.3, -0.25) is 0 Å². The van der Waals surface area contributed by atoms with Crippen molar-refractivity contribution in [2.24, 2.45) is 0 Å². The quantitative estimate of drug-likeness (QED) is 0.0865. The van der Waals surface area contributed by atoms with Gasteiger partial charge in [0, 0.05) is 11.9 Å². The normalized spacial score (nSPS) is 10.1. The zero-order chi connectivity index (χ0) is 29.9. The Bertz CT molecular complexity index is 416. The van der Waals surface area contributed by atoms with Gasteiger partial charge in [-0.2, -0.15) is 0 Å². The monoisotopic (exact) mass is 760 g/mol. The van der Waals surface area contributed by atoms with Crippen LogP contribution in [0.4, 0.5) is 0 Å². The molecule has 0 spiro atoms. The van der Waals surface area contributed by atoms with E-state index in [0.717, 1.165) is 13.8 Å². The molecule has 0 atom stereocenters. The summed E-state index contributed by atoms with van der Waals surface area (Å²) in [6, 6.07) is 0. The summed E-state index contributed by atoms with van der Waals surface area (Å²) in [6.07, 6.45) is 22.9. The van der Waals surface area contributed by atoms with Gasteiger partial charge < -0.3 is 19.8 Å². The Kier molecular flexibility index (Phi) is 47.4. The molecule has 38 heavy (non-hydrogen) atoms. The Morgan fingerprint density at radius 1 is 0.553 bits per heavy atom. The molecule has 0 fully saturated rings. The molecule has 0 N–H and O–H groups in total. The fourth-order valence-electron chi connectivity index (χ4n) is 3.69. The summed E-state index contributed by atoms with van der Waals surface area (Å²) >= 11 is -2.47. The van der Waals surface area contributed by atoms with Crippen LogP contribution in [0.3, 0.4) is 0 Å². The van der Waals surface area contributed by atoms with Gasteiger partial charge in [-0.15, -0.1) is 0 Å². The Hall–Kier alpha value is 0.457. The van der Waals surface area contributed by atoms with Gasteiger partial charge in [0.1, 0.15) is 0 Å². The van der Waals surface area contributed by atoms with Crippen molar-refractivity contribution in [1.82, 2.24) is 0 Å². The Morgan fingerprint density at radius 2 is 0.816 bits per heavy atom. The van der Waals surface area contributed by atoms with E-state index in [-0.39, 0.29) is 21.1 Å². The van der Waals surface area contributed by atoms with E-state index in [1.165, 1.54) is 98.8 Å². The summed E-state index contributed by atoms with van der Waals surface area (Å²) in [5, 5.41) is 17.8. The molecule has 228 valence electrons. The van der Waals surface area contributed by atoms with Crippen molar-refractivity contribution in [2.45, 2.75) is 162 Å². The van der Waals surface area contributed by atoms with Crippen molar-refractivity contribution in [2.75, 3.05) is 14.2 Å². The number of hydrogen-bond acceptors (Lipinski definition) is 6. The molecule has 6 nitrogen and oxygen atoms in total. The number of carboxylic acids is 2. The van der Waals surface area contributed by atoms with Crippen molar-refractivity contribution in [3.63, 3.8) is 0 Å². The zero-order valence-electron chi connectivity index (χ0n) is 26.6. The average molecular weight is 758 g/mol. The summed E-state index contributed by atoms with van der Waals surface area (Å²) in [5.74, 6) is -2.17. The molecule has 0 aromatic heterocycles. The van der Waals surface area contributed by atoms with Crippen LogP contribution < -0.4 is 10.2 Å². The minimum atomic E-state index is -2.54. The number of aliphatic carboxylic acids is 2. The summed E-state index contributed by atoms with van der Waals surface area (Å²) in [6.45, 7) is 11.0. The van der Waals surface area contributed by atoms with Crippen molar-refractivity contribution in [3.8, 4) is 0 Å². The third-order valence-electron chi connectivity index (χ3n) is 5.98.